The smallest absolute Gasteiger partial charge is 0.316 e. The number of hydrogen-bond donors (Lipinski definition) is 2. The predicted octanol–water partition coefficient (Wildman–Crippen LogP) is 2.65. The van der Waals surface area contributed by atoms with Gasteiger partial charge in [0, 0.05) is 44.0 Å². The highest BCUT2D eigenvalue weighted by atomic mass is 16.2. The molecule has 2 aromatic carbocycles. The molecule has 3 rings (SSSR count). The van der Waals surface area contributed by atoms with E-state index in [9.17, 15) is 9.59 Å². The molecule has 0 saturated carbocycles. The average Bonchev–Trinajstić information content (AvgIpc) is 2.68. The van der Waals surface area contributed by atoms with Crippen molar-refractivity contribution in [2.45, 2.75) is 0 Å². The standard InChI is InChI=1S/C21H24N4O2/c22-21(27)23-19-10-4-9-18(16-19)20(26)25-14-12-24(13-15-25)11-5-8-17-6-2-1-3-7-17/h1-10,16H,11-15H2,(H3,22,23,27). The molecule has 1 saturated heterocycles. The van der Waals surface area contributed by atoms with Gasteiger partial charge in [0.05, 0.1) is 0 Å². The van der Waals surface area contributed by atoms with E-state index in [1.807, 2.05) is 23.1 Å². The summed E-state index contributed by atoms with van der Waals surface area (Å²) in [4.78, 5) is 27.8. The Morgan fingerprint density at radius 3 is 2.44 bits per heavy atom. The van der Waals surface area contributed by atoms with Crippen molar-refractivity contribution in [3.63, 3.8) is 0 Å². The second-order valence-corrected chi connectivity index (χ2v) is 6.48. The number of hydrogen-bond acceptors (Lipinski definition) is 3. The van der Waals surface area contributed by atoms with Gasteiger partial charge in [-0.1, -0.05) is 48.6 Å². The number of rotatable bonds is 5. The summed E-state index contributed by atoms with van der Waals surface area (Å²) in [5.74, 6) is -0.0254. The number of primary amides is 1. The van der Waals surface area contributed by atoms with Crippen molar-refractivity contribution in [3.05, 3.63) is 71.8 Å². The summed E-state index contributed by atoms with van der Waals surface area (Å²) in [5.41, 5.74) is 7.40. The number of carbonyl (C=O) groups is 2. The number of nitrogens with two attached hydrogens (primary N) is 1. The van der Waals surface area contributed by atoms with Gasteiger partial charge in [0.1, 0.15) is 0 Å². The van der Waals surface area contributed by atoms with E-state index in [1.54, 1.807) is 24.3 Å². The van der Waals surface area contributed by atoms with Crippen molar-refractivity contribution >= 4 is 23.7 Å². The van der Waals surface area contributed by atoms with Crippen molar-refractivity contribution < 1.29 is 9.59 Å². The molecule has 0 radical (unpaired) electrons. The molecule has 0 aliphatic carbocycles. The molecule has 3 amide bonds. The van der Waals surface area contributed by atoms with Crippen LogP contribution in [-0.2, 0) is 0 Å². The molecule has 6 heteroatoms. The molecule has 0 atom stereocenters. The van der Waals surface area contributed by atoms with Crippen LogP contribution in [0.4, 0.5) is 10.5 Å². The van der Waals surface area contributed by atoms with Gasteiger partial charge in [0.15, 0.2) is 0 Å². The van der Waals surface area contributed by atoms with E-state index in [2.05, 4.69) is 34.5 Å². The monoisotopic (exact) mass is 364 g/mol. The average molecular weight is 364 g/mol. The Balaban J connectivity index is 1.50. The second-order valence-electron chi connectivity index (χ2n) is 6.48. The summed E-state index contributed by atoms with van der Waals surface area (Å²) in [6.07, 6.45) is 4.28. The fourth-order valence-electron chi connectivity index (χ4n) is 3.09. The lowest BCUT2D eigenvalue weighted by molar-refractivity contribution is 0.0650. The Labute approximate surface area is 159 Å². The molecule has 1 aliphatic rings. The highest BCUT2D eigenvalue weighted by Crippen LogP contribution is 2.14. The lowest BCUT2D eigenvalue weighted by Crippen LogP contribution is -2.48. The van der Waals surface area contributed by atoms with Crippen LogP contribution in [0, 0.1) is 0 Å². The van der Waals surface area contributed by atoms with Crippen LogP contribution >= 0.6 is 0 Å². The summed E-state index contributed by atoms with van der Waals surface area (Å²) in [6.45, 7) is 3.92. The van der Waals surface area contributed by atoms with Crippen molar-refractivity contribution in [2.24, 2.45) is 5.73 Å². The Kier molecular flexibility index (Phi) is 6.22. The fraction of sp³-hybridized carbons (Fsp3) is 0.238. The van der Waals surface area contributed by atoms with Crippen LogP contribution in [-0.4, -0.2) is 54.5 Å². The number of piperazine rings is 1. The molecule has 1 fully saturated rings. The first-order valence-electron chi connectivity index (χ1n) is 9.01. The number of nitrogens with zero attached hydrogens (tertiary/aromatic N) is 2. The SMILES string of the molecule is NC(=O)Nc1cccc(C(=O)N2CCN(CC=Cc3ccccc3)CC2)c1. The van der Waals surface area contributed by atoms with E-state index in [4.69, 9.17) is 5.73 Å². The molecular weight excluding hydrogens is 340 g/mol. The zero-order valence-electron chi connectivity index (χ0n) is 15.2. The molecule has 0 unspecified atom stereocenters. The maximum absolute atomic E-state index is 12.7. The largest absolute Gasteiger partial charge is 0.351 e. The quantitative estimate of drug-likeness (QED) is 0.856. The Bertz CT molecular complexity index is 812. The minimum atomic E-state index is -0.642. The predicted molar refractivity (Wildman–Crippen MR) is 107 cm³/mol. The van der Waals surface area contributed by atoms with Crippen molar-refractivity contribution in [2.75, 3.05) is 38.0 Å². The summed E-state index contributed by atoms with van der Waals surface area (Å²) >= 11 is 0. The van der Waals surface area contributed by atoms with E-state index in [-0.39, 0.29) is 5.91 Å². The maximum Gasteiger partial charge on any atom is 0.316 e. The van der Waals surface area contributed by atoms with Gasteiger partial charge in [-0.3, -0.25) is 9.69 Å². The molecule has 140 valence electrons. The van der Waals surface area contributed by atoms with Crippen LogP contribution in [0.3, 0.4) is 0 Å². The third-order valence-corrected chi connectivity index (χ3v) is 4.51. The van der Waals surface area contributed by atoms with Gasteiger partial charge in [-0.25, -0.2) is 4.79 Å². The highest BCUT2D eigenvalue weighted by Gasteiger charge is 2.21. The summed E-state index contributed by atoms with van der Waals surface area (Å²) in [7, 11) is 0. The van der Waals surface area contributed by atoms with Gasteiger partial charge in [-0.2, -0.15) is 0 Å². The van der Waals surface area contributed by atoms with E-state index in [0.717, 1.165) is 19.6 Å². The normalized spacial score (nSPS) is 15.0. The van der Waals surface area contributed by atoms with Gasteiger partial charge in [0.2, 0.25) is 0 Å². The van der Waals surface area contributed by atoms with Gasteiger partial charge in [-0.05, 0) is 23.8 Å². The minimum absolute atomic E-state index is 0.0254. The van der Waals surface area contributed by atoms with Crippen molar-refractivity contribution in [3.8, 4) is 0 Å². The first kappa shape index (κ1) is 18.7. The highest BCUT2D eigenvalue weighted by molar-refractivity contribution is 5.96. The number of benzene rings is 2. The number of nitrogens with one attached hydrogen (secondary N) is 1. The Morgan fingerprint density at radius 1 is 1.00 bits per heavy atom. The molecule has 0 bridgehead atoms. The lowest BCUT2D eigenvalue weighted by atomic mass is 10.1. The number of amides is 3. The summed E-state index contributed by atoms with van der Waals surface area (Å²) in [5, 5.41) is 2.50. The number of anilines is 1. The lowest BCUT2D eigenvalue weighted by Gasteiger charge is -2.34. The van der Waals surface area contributed by atoms with Gasteiger partial charge in [0.25, 0.3) is 5.91 Å². The zero-order chi connectivity index (χ0) is 19.1. The van der Waals surface area contributed by atoms with E-state index in [0.29, 0.717) is 24.3 Å². The molecule has 6 nitrogen and oxygen atoms in total. The Hall–Kier alpha value is -3.12. The fourth-order valence-corrected chi connectivity index (χ4v) is 3.09. The Morgan fingerprint density at radius 2 is 1.74 bits per heavy atom. The molecule has 0 aromatic heterocycles. The molecular formula is C21H24N4O2. The van der Waals surface area contributed by atoms with Crippen molar-refractivity contribution in [1.29, 1.82) is 0 Å². The first-order valence-corrected chi connectivity index (χ1v) is 9.01. The topological polar surface area (TPSA) is 78.7 Å². The zero-order valence-corrected chi connectivity index (χ0v) is 15.2. The molecule has 1 aliphatic heterocycles. The third kappa shape index (κ3) is 5.43. The van der Waals surface area contributed by atoms with Gasteiger partial charge in [-0.15, -0.1) is 0 Å². The minimum Gasteiger partial charge on any atom is -0.351 e. The van der Waals surface area contributed by atoms with Crippen LogP contribution in [0.2, 0.25) is 0 Å². The van der Waals surface area contributed by atoms with Crippen LogP contribution in [0.5, 0.6) is 0 Å². The maximum atomic E-state index is 12.7. The van der Waals surface area contributed by atoms with Gasteiger partial charge >= 0.3 is 6.03 Å². The molecule has 27 heavy (non-hydrogen) atoms. The number of carbonyl (C=O) groups excluding carboxylic acids is 2. The van der Waals surface area contributed by atoms with Crippen molar-refractivity contribution in [1.82, 2.24) is 9.80 Å². The summed E-state index contributed by atoms with van der Waals surface area (Å²) in [6, 6.07) is 16.4. The first-order chi connectivity index (χ1) is 13.1. The van der Waals surface area contributed by atoms with Gasteiger partial charge < -0.3 is 16.0 Å². The van der Waals surface area contributed by atoms with Crippen LogP contribution in [0.15, 0.2) is 60.7 Å². The number of urea groups is 1. The van der Waals surface area contributed by atoms with E-state index < -0.39 is 6.03 Å². The van der Waals surface area contributed by atoms with E-state index >= 15 is 0 Å². The molecule has 0 spiro atoms. The van der Waals surface area contributed by atoms with Crippen LogP contribution < -0.4 is 11.1 Å². The summed E-state index contributed by atoms with van der Waals surface area (Å²) < 4.78 is 0. The molecule has 2 aromatic rings. The molecule has 3 N–H and O–H groups in total. The van der Waals surface area contributed by atoms with E-state index in [1.165, 1.54) is 5.56 Å². The van der Waals surface area contributed by atoms with Crippen LogP contribution in [0.25, 0.3) is 6.08 Å². The second kappa shape index (κ2) is 9.00. The third-order valence-electron chi connectivity index (χ3n) is 4.51. The molecule has 1 heterocycles. The van der Waals surface area contributed by atoms with Crippen LogP contribution in [0.1, 0.15) is 15.9 Å².